The molecule has 0 saturated heterocycles. The van der Waals surface area contributed by atoms with Gasteiger partial charge in [-0.1, -0.05) is 6.58 Å². The van der Waals surface area contributed by atoms with E-state index in [0.717, 1.165) is 0 Å². The monoisotopic (exact) mass is 187 g/mol. The van der Waals surface area contributed by atoms with E-state index in [-0.39, 0.29) is 12.5 Å². The molecule has 0 saturated carbocycles. The van der Waals surface area contributed by atoms with Crippen LogP contribution in [0.2, 0.25) is 0 Å². The lowest BCUT2D eigenvalue weighted by Crippen LogP contribution is -2.40. The predicted octanol–water partition coefficient (Wildman–Crippen LogP) is 0.0761. The minimum Gasteiger partial charge on any atom is -0.388 e. The largest absolute Gasteiger partial charge is 0.388 e. The summed E-state index contributed by atoms with van der Waals surface area (Å²) in [7, 11) is 1.57. The maximum absolute atomic E-state index is 10.8. The summed E-state index contributed by atoms with van der Waals surface area (Å²) in [5.41, 5.74) is -0.922. The van der Waals surface area contributed by atoms with Crippen LogP contribution in [0.15, 0.2) is 12.7 Å². The highest BCUT2D eigenvalue weighted by Gasteiger charge is 2.19. The zero-order chi connectivity index (χ0) is 10.3. The minimum absolute atomic E-state index is 0.210. The third-order valence-electron chi connectivity index (χ3n) is 1.67. The molecule has 0 fully saturated rings. The number of nitrogens with one attached hydrogen (secondary N) is 1. The summed E-state index contributed by atoms with van der Waals surface area (Å²) in [6.07, 6.45) is 1.66. The highest BCUT2D eigenvalue weighted by atomic mass is 16.5. The van der Waals surface area contributed by atoms with Crippen LogP contribution < -0.4 is 5.32 Å². The van der Waals surface area contributed by atoms with Crippen molar-refractivity contribution in [2.75, 3.05) is 20.3 Å². The number of amides is 1. The first-order chi connectivity index (χ1) is 6.02. The van der Waals surface area contributed by atoms with Crippen molar-refractivity contribution >= 4 is 5.91 Å². The van der Waals surface area contributed by atoms with Gasteiger partial charge in [0, 0.05) is 26.7 Å². The van der Waals surface area contributed by atoms with Gasteiger partial charge in [0.05, 0.1) is 5.60 Å². The maximum Gasteiger partial charge on any atom is 0.243 e. The van der Waals surface area contributed by atoms with Crippen molar-refractivity contribution in [3.8, 4) is 0 Å². The van der Waals surface area contributed by atoms with Crippen molar-refractivity contribution in [2.45, 2.75) is 18.9 Å². The van der Waals surface area contributed by atoms with E-state index in [9.17, 15) is 9.90 Å². The summed E-state index contributed by atoms with van der Waals surface area (Å²) in [6.45, 7) is 5.63. The summed E-state index contributed by atoms with van der Waals surface area (Å²) in [5, 5.41) is 12.2. The van der Waals surface area contributed by atoms with Gasteiger partial charge in [-0.15, -0.1) is 0 Å². The second-order valence-electron chi connectivity index (χ2n) is 3.16. The van der Waals surface area contributed by atoms with Crippen molar-refractivity contribution in [3.05, 3.63) is 12.7 Å². The van der Waals surface area contributed by atoms with E-state index >= 15 is 0 Å². The van der Waals surface area contributed by atoms with Gasteiger partial charge in [0.15, 0.2) is 0 Å². The Balaban J connectivity index is 3.74. The van der Waals surface area contributed by atoms with Gasteiger partial charge < -0.3 is 15.2 Å². The number of rotatable bonds is 6. The molecule has 0 bridgehead atoms. The Kier molecular flexibility index (Phi) is 5.34. The van der Waals surface area contributed by atoms with Crippen LogP contribution in [0.4, 0.5) is 0 Å². The maximum atomic E-state index is 10.8. The SMILES string of the molecule is C=CC(=O)NCC(C)(O)CCOC. The molecular formula is C9H17NO3. The molecule has 2 N–H and O–H groups in total. The van der Waals surface area contributed by atoms with Crippen LogP contribution in [-0.2, 0) is 9.53 Å². The molecule has 0 aromatic heterocycles. The average molecular weight is 187 g/mol. The first kappa shape index (κ1) is 12.1. The van der Waals surface area contributed by atoms with E-state index < -0.39 is 5.60 Å². The first-order valence-corrected chi connectivity index (χ1v) is 4.13. The molecule has 4 nitrogen and oxygen atoms in total. The number of hydrogen-bond donors (Lipinski definition) is 2. The van der Waals surface area contributed by atoms with Gasteiger partial charge in [-0.3, -0.25) is 4.79 Å². The normalized spacial score (nSPS) is 14.7. The fraction of sp³-hybridized carbons (Fsp3) is 0.667. The van der Waals surface area contributed by atoms with Crippen LogP contribution >= 0.6 is 0 Å². The molecular weight excluding hydrogens is 170 g/mol. The zero-order valence-corrected chi connectivity index (χ0v) is 8.17. The molecule has 0 heterocycles. The molecule has 4 heteroatoms. The number of ether oxygens (including phenoxy) is 1. The standard InChI is InChI=1S/C9H17NO3/c1-4-8(11)10-7-9(2,12)5-6-13-3/h4,12H,1,5-7H2,2-3H3,(H,10,11). The number of hydrogen-bond acceptors (Lipinski definition) is 3. The second kappa shape index (κ2) is 5.72. The van der Waals surface area contributed by atoms with Crippen LogP contribution in [0, 0.1) is 0 Å². The van der Waals surface area contributed by atoms with Crippen molar-refractivity contribution in [1.82, 2.24) is 5.32 Å². The van der Waals surface area contributed by atoms with Crippen molar-refractivity contribution in [3.63, 3.8) is 0 Å². The van der Waals surface area contributed by atoms with Gasteiger partial charge in [0.2, 0.25) is 5.91 Å². The molecule has 1 unspecified atom stereocenters. The van der Waals surface area contributed by atoms with Gasteiger partial charge in [0.1, 0.15) is 0 Å². The number of carbonyl (C=O) groups excluding carboxylic acids is 1. The number of methoxy groups -OCH3 is 1. The Bertz CT molecular complexity index is 178. The topological polar surface area (TPSA) is 58.6 Å². The summed E-state index contributed by atoms with van der Waals surface area (Å²) in [5.74, 6) is -0.280. The molecule has 0 aliphatic carbocycles. The van der Waals surface area contributed by atoms with Crippen LogP contribution in [0.5, 0.6) is 0 Å². The van der Waals surface area contributed by atoms with Crippen molar-refractivity contribution in [2.24, 2.45) is 0 Å². The van der Waals surface area contributed by atoms with Crippen LogP contribution in [0.25, 0.3) is 0 Å². The fourth-order valence-electron chi connectivity index (χ4n) is 0.760. The van der Waals surface area contributed by atoms with Gasteiger partial charge >= 0.3 is 0 Å². The van der Waals surface area contributed by atoms with Gasteiger partial charge in [-0.05, 0) is 13.0 Å². The molecule has 76 valence electrons. The Labute approximate surface area is 78.6 Å². The fourth-order valence-corrected chi connectivity index (χ4v) is 0.760. The Morgan fingerprint density at radius 2 is 2.38 bits per heavy atom. The number of carbonyl (C=O) groups is 1. The van der Waals surface area contributed by atoms with Gasteiger partial charge in [-0.2, -0.15) is 0 Å². The number of aliphatic hydroxyl groups is 1. The summed E-state index contributed by atoms with van der Waals surface area (Å²) in [4.78, 5) is 10.8. The quantitative estimate of drug-likeness (QED) is 0.579. The van der Waals surface area contributed by atoms with Crippen LogP contribution in [0.1, 0.15) is 13.3 Å². The molecule has 0 spiro atoms. The molecule has 1 atom stereocenters. The summed E-state index contributed by atoms with van der Waals surface area (Å²) < 4.78 is 4.82. The highest BCUT2D eigenvalue weighted by molar-refractivity contribution is 5.86. The lowest BCUT2D eigenvalue weighted by molar-refractivity contribution is -0.117. The minimum atomic E-state index is -0.922. The van der Waals surface area contributed by atoms with E-state index in [4.69, 9.17) is 4.74 Å². The van der Waals surface area contributed by atoms with Gasteiger partial charge in [-0.25, -0.2) is 0 Å². The first-order valence-electron chi connectivity index (χ1n) is 4.13. The Morgan fingerprint density at radius 1 is 1.77 bits per heavy atom. The average Bonchev–Trinajstić information content (AvgIpc) is 2.11. The van der Waals surface area contributed by atoms with E-state index in [2.05, 4.69) is 11.9 Å². The van der Waals surface area contributed by atoms with Crippen molar-refractivity contribution in [1.29, 1.82) is 0 Å². The predicted molar refractivity (Wildman–Crippen MR) is 50.3 cm³/mol. The van der Waals surface area contributed by atoms with Gasteiger partial charge in [0.25, 0.3) is 0 Å². The molecule has 0 radical (unpaired) electrons. The summed E-state index contributed by atoms with van der Waals surface area (Å²) >= 11 is 0. The van der Waals surface area contributed by atoms with Crippen molar-refractivity contribution < 1.29 is 14.6 Å². The Morgan fingerprint density at radius 3 is 2.85 bits per heavy atom. The van der Waals surface area contributed by atoms with Crippen LogP contribution in [0.3, 0.4) is 0 Å². The zero-order valence-electron chi connectivity index (χ0n) is 8.17. The van der Waals surface area contributed by atoms with E-state index in [1.54, 1.807) is 14.0 Å². The highest BCUT2D eigenvalue weighted by Crippen LogP contribution is 2.07. The second-order valence-corrected chi connectivity index (χ2v) is 3.16. The van der Waals surface area contributed by atoms with E-state index in [1.165, 1.54) is 6.08 Å². The Hall–Kier alpha value is -0.870. The van der Waals surface area contributed by atoms with Crippen LogP contribution in [-0.4, -0.2) is 36.9 Å². The lowest BCUT2D eigenvalue weighted by Gasteiger charge is -2.22. The molecule has 0 aliphatic rings. The molecule has 0 aromatic rings. The summed E-state index contributed by atoms with van der Waals surface area (Å²) in [6, 6.07) is 0. The lowest BCUT2D eigenvalue weighted by atomic mass is 10.0. The molecule has 0 aromatic carbocycles. The molecule has 0 aliphatic heterocycles. The molecule has 1 amide bonds. The van der Waals surface area contributed by atoms with E-state index in [0.29, 0.717) is 13.0 Å². The molecule has 13 heavy (non-hydrogen) atoms. The van der Waals surface area contributed by atoms with E-state index in [1.807, 2.05) is 0 Å². The smallest absolute Gasteiger partial charge is 0.243 e. The molecule has 0 rings (SSSR count). The third kappa shape index (κ3) is 6.31. The third-order valence-corrected chi connectivity index (χ3v) is 1.67.